The Morgan fingerprint density at radius 2 is 1.90 bits per heavy atom. The number of rotatable bonds is 9. The van der Waals surface area contributed by atoms with E-state index in [1.54, 1.807) is 62.4 Å². The highest BCUT2D eigenvalue weighted by atomic mass is 79.9. The van der Waals surface area contributed by atoms with Gasteiger partial charge in [-0.05, 0) is 42.0 Å². The Morgan fingerprint density at radius 1 is 1.20 bits per heavy atom. The van der Waals surface area contributed by atoms with E-state index in [1.807, 2.05) is 0 Å². The molecule has 0 unspecified atom stereocenters. The first-order valence-corrected chi connectivity index (χ1v) is 9.99. The van der Waals surface area contributed by atoms with E-state index in [0.29, 0.717) is 17.0 Å². The Labute approximate surface area is 183 Å². The van der Waals surface area contributed by atoms with E-state index in [2.05, 4.69) is 21.2 Å². The van der Waals surface area contributed by atoms with Gasteiger partial charge in [0.05, 0.1) is 6.61 Å². The van der Waals surface area contributed by atoms with Crippen LogP contribution < -0.4 is 10.1 Å². The van der Waals surface area contributed by atoms with Crippen molar-refractivity contribution in [3.05, 3.63) is 70.7 Å². The molecule has 7 nitrogen and oxygen atoms in total. The van der Waals surface area contributed by atoms with Crippen LogP contribution in [-0.2, 0) is 9.53 Å². The molecule has 0 bridgehead atoms. The standard InChI is InChI=1S/C22H24BrNO6/c1-22(2,11-10-19(26)27)20(15-4-3-5-18(14-15)29-13-12-25)30-21(28)24-17-8-6-16(23)7-9-17/h3-11,14,20,25H,12-13H2,1-2H3,(H,24,28)(H,26,27)/b11-10+/t20-/m0/s1. The van der Waals surface area contributed by atoms with E-state index >= 15 is 0 Å². The number of hydrogen-bond acceptors (Lipinski definition) is 5. The summed E-state index contributed by atoms with van der Waals surface area (Å²) < 4.78 is 12.0. The average Bonchev–Trinajstić information content (AvgIpc) is 2.71. The van der Waals surface area contributed by atoms with Crippen molar-refractivity contribution >= 4 is 33.7 Å². The number of carboxylic acid groups (broad SMARTS) is 1. The smallest absolute Gasteiger partial charge is 0.412 e. The minimum absolute atomic E-state index is 0.126. The van der Waals surface area contributed by atoms with Crippen LogP contribution >= 0.6 is 15.9 Å². The molecular formula is C22H24BrNO6. The Hall–Kier alpha value is -2.84. The number of aliphatic hydroxyl groups is 1. The summed E-state index contributed by atoms with van der Waals surface area (Å²) >= 11 is 3.34. The molecule has 0 radical (unpaired) electrons. The minimum atomic E-state index is -1.10. The summed E-state index contributed by atoms with van der Waals surface area (Å²) in [6.07, 6.45) is 1.02. The van der Waals surface area contributed by atoms with E-state index in [4.69, 9.17) is 19.7 Å². The summed E-state index contributed by atoms with van der Waals surface area (Å²) in [5.74, 6) is -0.595. The van der Waals surface area contributed by atoms with Gasteiger partial charge < -0.3 is 19.7 Å². The lowest BCUT2D eigenvalue weighted by molar-refractivity contribution is -0.131. The number of halogens is 1. The van der Waals surface area contributed by atoms with Gasteiger partial charge in [0, 0.05) is 21.7 Å². The molecule has 160 valence electrons. The van der Waals surface area contributed by atoms with E-state index in [1.165, 1.54) is 6.08 Å². The lowest BCUT2D eigenvalue weighted by Gasteiger charge is -2.31. The van der Waals surface area contributed by atoms with Crippen LogP contribution in [0, 0.1) is 5.41 Å². The molecule has 0 heterocycles. The van der Waals surface area contributed by atoms with Crippen LogP contribution in [0.1, 0.15) is 25.5 Å². The number of aliphatic carboxylic acids is 1. The van der Waals surface area contributed by atoms with Crippen molar-refractivity contribution < 1.29 is 29.3 Å². The van der Waals surface area contributed by atoms with E-state index in [0.717, 1.165) is 10.5 Å². The molecule has 0 aliphatic rings. The molecule has 0 saturated heterocycles. The Balaban J connectivity index is 2.30. The second-order valence-electron chi connectivity index (χ2n) is 7.05. The maximum Gasteiger partial charge on any atom is 0.412 e. The number of carboxylic acids is 1. The van der Waals surface area contributed by atoms with Crippen LogP contribution in [0.5, 0.6) is 5.75 Å². The molecule has 1 amide bonds. The Morgan fingerprint density at radius 3 is 2.53 bits per heavy atom. The number of hydrogen-bond donors (Lipinski definition) is 3. The van der Waals surface area contributed by atoms with E-state index < -0.39 is 23.6 Å². The van der Waals surface area contributed by atoms with Crippen LogP contribution in [0.2, 0.25) is 0 Å². The van der Waals surface area contributed by atoms with Gasteiger partial charge in [0.15, 0.2) is 0 Å². The van der Waals surface area contributed by atoms with E-state index in [9.17, 15) is 9.59 Å². The Bertz CT molecular complexity index is 895. The average molecular weight is 478 g/mol. The third-order valence-electron chi connectivity index (χ3n) is 4.17. The fraction of sp³-hybridized carbons (Fsp3) is 0.273. The van der Waals surface area contributed by atoms with Gasteiger partial charge >= 0.3 is 12.1 Å². The molecular weight excluding hydrogens is 454 g/mol. The van der Waals surface area contributed by atoms with Gasteiger partial charge in [-0.15, -0.1) is 0 Å². The number of benzene rings is 2. The van der Waals surface area contributed by atoms with Gasteiger partial charge in [-0.2, -0.15) is 0 Å². The van der Waals surface area contributed by atoms with Gasteiger partial charge in [0.25, 0.3) is 0 Å². The van der Waals surface area contributed by atoms with Crippen molar-refractivity contribution in [1.29, 1.82) is 0 Å². The van der Waals surface area contributed by atoms with Gasteiger partial charge in [0.2, 0.25) is 0 Å². The maximum absolute atomic E-state index is 12.6. The summed E-state index contributed by atoms with van der Waals surface area (Å²) in [6, 6.07) is 13.9. The number of nitrogens with one attached hydrogen (secondary N) is 1. The first-order chi connectivity index (χ1) is 14.2. The van der Waals surface area contributed by atoms with Gasteiger partial charge in [-0.1, -0.05) is 48.0 Å². The van der Waals surface area contributed by atoms with Crippen molar-refractivity contribution in [2.45, 2.75) is 20.0 Å². The van der Waals surface area contributed by atoms with Gasteiger partial charge in [0.1, 0.15) is 18.5 Å². The second-order valence-corrected chi connectivity index (χ2v) is 7.97. The maximum atomic E-state index is 12.6. The molecule has 2 aromatic rings. The summed E-state index contributed by atoms with van der Waals surface area (Å²) in [5, 5.41) is 20.6. The number of aliphatic hydroxyl groups excluding tert-OH is 1. The van der Waals surface area contributed by atoms with Crippen LogP contribution in [0.25, 0.3) is 0 Å². The first-order valence-electron chi connectivity index (χ1n) is 9.20. The summed E-state index contributed by atoms with van der Waals surface area (Å²) in [5.41, 5.74) is 0.336. The van der Waals surface area contributed by atoms with Gasteiger partial charge in [-0.25, -0.2) is 9.59 Å². The molecule has 0 fully saturated rings. The number of ether oxygens (including phenoxy) is 2. The molecule has 2 rings (SSSR count). The van der Waals surface area contributed by atoms with Crippen LogP contribution in [0.15, 0.2) is 65.2 Å². The molecule has 0 aromatic heterocycles. The zero-order chi connectivity index (χ0) is 22.1. The van der Waals surface area contributed by atoms with Gasteiger partial charge in [-0.3, -0.25) is 5.32 Å². The van der Waals surface area contributed by atoms with Crippen molar-refractivity contribution in [2.75, 3.05) is 18.5 Å². The molecule has 3 N–H and O–H groups in total. The highest BCUT2D eigenvalue weighted by Gasteiger charge is 2.33. The Kier molecular flexibility index (Phi) is 8.44. The number of anilines is 1. The van der Waals surface area contributed by atoms with Crippen molar-refractivity contribution in [1.82, 2.24) is 0 Å². The van der Waals surface area contributed by atoms with Crippen molar-refractivity contribution in [2.24, 2.45) is 5.41 Å². The number of amides is 1. The normalized spacial score (nSPS) is 12.4. The fourth-order valence-corrected chi connectivity index (χ4v) is 3.01. The van der Waals surface area contributed by atoms with Crippen LogP contribution in [-0.4, -0.2) is 35.5 Å². The number of carbonyl (C=O) groups excluding carboxylic acids is 1. The molecule has 30 heavy (non-hydrogen) atoms. The summed E-state index contributed by atoms with van der Waals surface area (Å²) in [7, 11) is 0. The molecule has 0 spiro atoms. The molecule has 0 saturated carbocycles. The zero-order valence-electron chi connectivity index (χ0n) is 16.7. The summed E-state index contributed by atoms with van der Waals surface area (Å²) in [6.45, 7) is 3.53. The second kappa shape index (κ2) is 10.8. The molecule has 0 aliphatic heterocycles. The third-order valence-corrected chi connectivity index (χ3v) is 4.70. The summed E-state index contributed by atoms with van der Waals surface area (Å²) in [4.78, 5) is 23.6. The molecule has 2 aromatic carbocycles. The monoisotopic (exact) mass is 477 g/mol. The lowest BCUT2D eigenvalue weighted by Crippen LogP contribution is -2.28. The molecule has 8 heteroatoms. The highest BCUT2D eigenvalue weighted by Crippen LogP contribution is 2.39. The van der Waals surface area contributed by atoms with Crippen LogP contribution in [0.3, 0.4) is 0 Å². The first kappa shape index (κ1) is 23.4. The zero-order valence-corrected chi connectivity index (χ0v) is 18.3. The highest BCUT2D eigenvalue weighted by molar-refractivity contribution is 9.10. The topological polar surface area (TPSA) is 105 Å². The third kappa shape index (κ3) is 7.20. The SMILES string of the molecule is CC(C)(/C=C/C(=O)O)[C@@H](OC(=O)Nc1ccc(Br)cc1)c1cccc(OCCO)c1. The quantitative estimate of drug-likeness (QED) is 0.449. The fourth-order valence-electron chi connectivity index (χ4n) is 2.74. The predicted octanol–water partition coefficient (Wildman–Crippen LogP) is 4.78. The van der Waals surface area contributed by atoms with Crippen molar-refractivity contribution in [3.63, 3.8) is 0 Å². The molecule has 0 aliphatic carbocycles. The molecule has 1 atom stereocenters. The minimum Gasteiger partial charge on any atom is -0.491 e. The predicted molar refractivity (Wildman–Crippen MR) is 117 cm³/mol. The lowest BCUT2D eigenvalue weighted by atomic mass is 9.82. The van der Waals surface area contributed by atoms with Crippen molar-refractivity contribution in [3.8, 4) is 5.75 Å². The van der Waals surface area contributed by atoms with E-state index in [-0.39, 0.29) is 13.2 Å². The largest absolute Gasteiger partial charge is 0.491 e. The van der Waals surface area contributed by atoms with Crippen LogP contribution in [0.4, 0.5) is 10.5 Å². The number of carbonyl (C=O) groups is 2.